The number of hydrogen-bond donors (Lipinski definition) is 0. The van der Waals surface area contributed by atoms with Crippen LogP contribution in [0.15, 0.2) is 34.7 Å². The molecule has 0 bridgehead atoms. The number of halogens is 1. The summed E-state index contributed by atoms with van der Waals surface area (Å²) in [6.45, 7) is 0. The van der Waals surface area contributed by atoms with Crippen LogP contribution in [0.2, 0.25) is 0 Å². The van der Waals surface area contributed by atoms with E-state index in [1.165, 1.54) is 17.7 Å². The van der Waals surface area contributed by atoms with Crippen LogP contribution in [0.25, 0.3) is 6.08 Å². The van der Waals surface area contributed by atoms with Crippen molar-refractivity contribution < 1.29 is 8.76 Å². The van der Waals surface area contributed by atoms with E-state index in [0.29, 0.717) is 0 Å². The Kier molecular flexibility index (Phi) is 3.47. The van der Waals surface area contributed by atoms with Crippen LogP contribution in [0.5, 0.6) is 0 Å². The van der Waals surface area contributed by atoms with Gasteiger partial charge in [0.05, 0.1) is 0 Å². The largest absolute Gasteiger partial charge is 0.768 e. The summed E-state index contributed by atoms with van der Waals surface area (Å²) in [7, 11) is 0. The summed E-state index contributed by atoms with van der Waals surface area (Å²) < 4.78 is 20.9. The van der Waals surface area contributed by atoms with Crippen LogP contribution < -0.4 is 0 Å². The highest BCUT2D eigenvalue weighted by Crippen LogP contribution is 2.08. The Morgan fingerprint density at radius 2 is 1.92 bits per heavy atom. The zero-order valence-corrected chi connectivity index (χ0v) is 7.64. The number of hydrogen-bond acceptors (Lipinski definition) is 2. The molecule has 1 atom stereocenters. The highest BCUT2D eigenvalue weighted by Gasteiger charge is 1.90. The first-order valence-electron chi connectivity index (χ1n) is 3.20. The Hall–Kier alpha value is -0.640. The molecule has 1 rings (SSSR count). The topological polar surface area (TPSA) is 40.1 Å². The molecule has 0 amide bonds. The average Bonchev–Trinajstić information content (AvgIpc) is 2.06. The van der Waals surface area contributed by atoms with Crippen LogP contribution in [-0.2, 0) is 11.1 Å². The molecule has 1 unspecified atom stereocenters. The van der Waals surface area contributed by atoms with Crippen molar-refractivity contribution in [2.45, 2.75) is 4.90 Å². The monoisotopic (exact) mass is 201 g/mol. The first-order valence-corrected chi connectivity index (χ1v) is 4.71. The number of rotatable bonds is 2. The summed E-state index contributed by atoms with van der Waals surface area (Å²) in [5.41, 5.74) is 2.25. The Morgan fingerprint density at radius 3 is 2.33 bits per heavy atom. The Labute approximate surface area is 78.2 Å². The van der Waals surface area contributed by atoms with Crippen molar-refractivity contribution in [1.29, 1.82) is 0 Å². The molecule has 0 aliphatic carbocycles. The second-order valence-corrected chi connectivity index (χ2v) is 3.29. The molecule has 0 aliphatic heterocycles. The van der Waals surface area contributed by atoms with E-state index in [-0.39, 0.29) is 4.90 Å². The van der Waals surface area contributed by atoms with Crippen molar-refractivity contribution in [3.05, 3.63) is 35.4 Å². The van der Waals surface area contributed by atoms with Crippen molar-refractivity contribution in [3.63, 3.8) is 0 Å². The maximum atomic E-state index is 10.4. The lowest BCUT2D eigenvalue weighted by Crippen LogP contribution is -1.87. The third-order valence-electron chi connectivity index (χ3n) is 1.33. The fourth-order valence-corrected chi connectivity index (χ4v) is 1.27. The zero-order chi connectivity index (χ0) is 8.97. The van der Waals surface area contributed by atoms with Crippen molar-refractivity contribution in [2.75, 3.05) is 0 Å². The quantitative estimate of drug-likeness (QED) is 0.688. The summed E-state index contributed by atoms with van der Waals surface area (Å²) in [5, 5.41) is 0. The van der Waals surface area contributed by atoms with E-state index in [1.54, 1.807) is 18.2 Å². The normalized spacial score (nSPS) is 13.5. The molecule has 12 heavy (non-hydrogen) atoms. The Balaban J connectivity index is 2.93. The molecule has 0 aromatic heterocycles. The molecule has 1 aromatic rings. The van der Waals surface area contributed by atoms with Gasteiger partial charge in [-0.2, -0.15) is 0 Å². The van der Waals surface area contributed by atoms with E-state index < -0.39 is 11.1 Å². The molecule has 0 aliphatic rings. The van der Waals surface area contributed by atoms with E-state index in [4.69, 9.17) is 11.6 Å². The van der Waals surface area contributed by atoms with Gasteiger partial charge in [-0.3, -0.25) is 4.21 Å². The van der Waals surface area contributed by atoms with E-state index >= 15 is 0 Å². The third-order valence-corrected chi connectivity index (χ3v) is 2.11. The summed E-state index contributed by atoms with van der Waals surface area (Å²) in [6.07, 6.45) is 1.68. The van der Waals surface area contributed by atoms with Gasteiger partial charge in [-0.1, -0.05) is 23.7 Å². The van der Waals surface area contributed by atoms with Crippen LogP contribution in [0.4, 0.5) is 0 Å². The maximum absolute atomic E-state index is 10.4. The minimum atomic E-state index is -2.15. The molecule has 64 valence electrons. The second-order valence-electron chi connectivity index (χ2n) is 2.10. The predicted molar refractivity (Wildman–Crippen MR) is 48.5 cm³/mol. The molecule has 0 saturated heterocycles. The smallest absolute Gasteiger partial charge is 0.0249 e. The minimum absolute atomic E-state index is 0.279. The van der Waals surface area contributed by atoms with E-state index in [9.17, 15) is 8.76 Å². The molecule has 4 heteroatoms. The van der Waals surface area contributed by atoms with Crippen LogP contribution in [0.1, 0.15) is 5.56 Å². The van der Waals surface area contributed by atoms with Gasteiger partial charge < -0.3 is 4.55 Å². The van der Waals surface area contributed by atoms with Crippen LogP contribution in [0, 0.1) is 0 Å². The van der Waals surface area contributed by atoms with Gasteiger partial charge >= 0.3 is 0 Å². The predicted octanol–water partition coefficient (Wildman–Crippen LogP) is 2.13. The molecule has 0 N–H and O–H groups in total. The van der Waals surface area contributed by atoms with Crippen LogP contribution >= 0.6 is 11.6 Å². The Morgan fingerprint density at radius 1 is 1.33 bits per heavy atom. The van der Waals surface area contributed by atoms with E-state index in [0.717, 1.165) is 5.56 Å². The van der Waals surface area contributed by atoms with Gasteiger partial charge in [-0.25, -0.2) is 0 Å². The maximum Gasteiger partial charge on any atom is 0.0249 e. The van der Waals surface area contributed by atoms with Crippen LogP contribution in [-0.4, -0.2) is 8.76 Å². The molecule has 0 heterocycles. The SMILES string of the molecule is O=S([O-])c1ccc(C=CCl)cc1. The summed E-state index contributed by atoms with van der Waals surface area (Å²) >= 11 is 3.19. The molecule has 0 spiro atoms. The minimum Gasteiger partial charge on any atom is -0.768 e. The van der Waals surface area contributed by atoms with Crippen molar-refractivity contribution in [3.8, 4) is 0 Å². The van der Waals surface area contributed by atoms with E-state index in [2.05, 4.69) is 0 Å². The summed E-state index contributed by atoms with van der Waals surface area (Å²) in [4.78, 5) is 0.279. The van der Waals surface area contributed by atoms with Gasteiger partial charge in [0.2, 0.25) is 0 Å². The van der Waals surface area contributed by atoms with Gasteiger partial charge in [-0.05, 0) is 34.9 Å². The first-order chi connectivity index (χ1) is 5.74. The first kappa shape index (κ1) is 9.45. The fraction of sp³-hybridized carbons (Fsp3) is 0. The molecule has 0 fully saturated rings. The van der Waals surface area contributed by atoms with Crippen molar-refractivity contribution in [2.24, 2.45) is 0 Å². The molecular weight excluding hydrogens is 196 g/mol. The summed E-state index contributed by atoms with van der Waals surface area (Å²) in [6, 6.07) is 6.42. The standard InChI is InChI=1S/C8H7ClO2S/c9-6-5-7-1-3-8(4-2-7)12(10)11/h1-6H,(H,10,11)/p-1. The highest BCUT2D eigenvalue weighted by atomic mass is 35.5. The van der Waals surface area contributed by atoms with Gasteiger partial charge in [0.25, 0.3) is 0 Å². The lowest BCUT2D eigenvalue weighted by atomic mass is 10.2. The van der Waals surface area contributed by atoms with Crippen molar-refractivity contribution in [1.82, 2.24) is 0 Å². The van der Waals surface area contributed by atoms with Gasteiger partial charge in [0, 0.05) is 10.4 Å². The Bertz CT molecular complexity index is 305. The molecule has 0 saturated carbocycles. The van der Waals surface area contributed by atoms with Gasteiger partial charge in [-0.15, -0.1) is 0 Å². The summed E-state index contributed by atoms with van der Waals surface area (Å²) in [5.74, 6) is 0. The lowest BCUT2D eigenvalue weighted by Gasteiger charge is -2.03. The van der Waals surface area contributed by atoms with Gasteiger partial charge in [0.1, 0.15) is 0 Å². The molecule has 0 radical (unpaired) electrons. The second kappa shape index (κ2) is 4.40. The van der Waals surface area contributed by atoms with Crippen molar-refractivity contribution >= 4 is 28.8 Å². The number of benzene rings is 1. The molecular formula is C8H6ClO2S-. The highest BCUT2D eigenvalue weighted by molar-refractivity contribution is 7.79. The third kappa shape index (κ3) is 2.44. The molecule has 2 nitrogen and oxygen atoms in total. The zero-order valence-electron chi connectivity index (χ0n) is 6.07. The average molecular weight is 202 g/mol. The lowest BCUT2D eigenvalue weighted by molar-refractivity contribution is 0.537. The van der Waals surface area contributed by atoms with Gasteiger partial charge in [0.15, 0.2) is 0 Å². The molecule has 1 aromatic carbocycles. The fourth-order valence-electron chi connectivity index (χ4n) is 0.763. The van der Waals surface area contributed by atoms with E-state index in [1.807, 2.05) is 0 Å². The van der Waals surface area contributed by atoms with Crippen LogP contribution in [0.3, 0.4) is 0 Å².